The molecule has 4 aromatic rings. The number of benzene rings is 4. The average molecular weight is 858 g/mol. The van der Waals surface area contributed by atoms with Crippen LogP contribution in [0.3, 0.4) is 0 Å². The van der Waals surface area contributed by atoms with Gasteiger partial charge in [0.25, 0.3) is 11.8 Å². The van der Waals surface area contributed by atoms with E-state index in [2.05, 4.69) is 9.80 Å². The Kier molecular flexibility index (Phi) is 17.6. The quantitative estimate of drug-likeness (QED) is 0.117. The minimum atomic E-state index is 0. The van der Waals surface area contributed by atoms with Crippen molar-refractivity contribution >= 4 is 60.2 Å². The van der Waals surface area contributed by atoms with Gasteiger partial charge in [-0.1, -0.05) is 24.3 Å². The van der Waals surface area contributed by atoms with Gasteiger partial charge >= 0.3 is 0 Å². The van der Waals surface area contributed by atoms with E-state index in [1.165, 1.54) is 0 Å². The van der Waals surface area contributed by atoms with Crippen molar-refractivity contribution in [1.82, 2.24) is 19.6 Å². The first kappa shape index (κ1) is 45.9. The van der Waals surface area contributed by atoms with Crippen LogP contribution in [0, 0.1) is 0 Å². The molecule has 6 rings (SSSR count). The highest BCUT2D eigenvalue weighted by Crippen LogP contribution is 2.42. The minimum absolute atomic E-state index is 0. The van der Waals surface area contributed by atoms with Crippen LogP contribution in [0.25, 0.3) is 22.3 Å². The fourth-order valence-corrected chi connectivity index (χ4v) is 8.71. The zero-order valence-corrected chi connectivity index (χ0v) is 36.8. The predicted molar refractivity (Wildman–Crippen MR) is 237 cm³/mol. The van der Waals surface area contributed by atoms with Crippen molar-refractivity contribution in [2.24, 2.45) is 0 Å². The third-order valence-electron chi connectivity index (χ3n) is 10.5. The Hall–Kier alpha value is -3.78. The van der Waals surface area contributed by atoms with E-state index in [9.17, 15) is 9.59 Å². The van der Waals surface area contributed by atoms with E-state index in [0.717, 1.165) is 127 Å². The van der Waals surface area contributed by atoms with Gasteiger partial charge in [0, 0.05) is 63.5 Å². The number of hydrogen-bond donors (Lipinski definition) is 0. The molecule has 14 heteroatoms. The highest BCUT2D eigenvalue weighted by atomic mass is 35.5. The van der Waals surface area contributed by atoms with E-state index in [1.54, 1.807) is 52.0 Å². The maximum Gasteiger partial charge on any atom is 0.253 e. The van der Waals surface area contributed by atoms with Gasteiger partial charge in [-0.15, -0.1) is 48.3 Å². The van der Waals surface area contributed by atoms with Crippen LogP contribution < -0.4 is 18.9 Å². The molecular weight excluding hydrogens is 804 g/mol. The fourth-order valence-electron chi connectivity index (χ4n) is 7.34. The smallest absolute Gasteiger partial charge is 0.253 e. The molecule has 0 aromatic heterocycles. The first-order valence-electron chi connectivity index (χ1n) is 18.6. The number of piperazine rings is 2. The summed E-state index contributed by atoms with van der Waals surface area (Å²) in [6.45, 7) is 8.38. The summed E-state index contributed by atoms with van der Waals surface area (Å²) in [6.07, 6.45) is 5.06. The summed E-state index contributed by atoms with van der Waals surface area (Å²) in [5.41, 5.74) is 5.36. The van der Waals surface area contributed by atoms with Crippen LogP contribution in [0.1, 0.15) is 27.1 Å². The third kappa shape index (κ3) is 10.8. The molecule has 2 amide bonds. The van der Waals surface area contributed by atoms with Crippen molar-refractivity contribution in [2.45, 2.75) is 16.2 Å². The summed E-state index contributed by atoms with van der Waals surface area (Å²) in [7, 11) is 6.66. The Bertz CT molecular complexity index is 1750. The van der Waals surface area contributed by atoms with Crippen LogP contribution >= 0.6 is 48.3 Å². The van der Waals surface area contributed by atoms with E-state index in [1.807, 2.05) is 95.1 Å². The number of carbonyl (C=O) groups excluding carboxylic acids is 2. The Morgan fingerprint density at radius 1 is 0.491 bits per heavy atom. The monoisotopic (exact) mass is 856 g/mol. The van der Waals surface area contributed by atoms with Crippen molar-refractivity contribution < 1.29 is 28.5 Å². The summed E-state index contributed by atoms with van der Waals surface area (Å²) in [4.78, 5) is 37.5. The van der Waals surface area contributed by atoms with Gasteiger partial charge in [0.2, 0.25) is 0 Å². The lowest BCUT2D eigenvalue weighted by Crippen LogP contribution is -2.50. The van der Waals surface area contributed by atoms with Crippen LogP contribution in [0.2, 0.25) is 0 Å². The van der Waals surface area contributed by atoms with Crippen LogP contribution in [-0.2, 0) is 0 Å². The number of halogens is 2. The molecule has 0 aliphatic carbocycles. The molecule has 0 unspecified atom stereocenters. The standard InChI is InChI=1S/C43H52N4O6S2.2ClH/c1-50-36-26-34(27-37(51-2)40(36)54-5)30-8-12-32(13-9-30)42(48)46-22-18-44(19-23-46)16-7-17-45-20-24-47(25-21-45)43(49)33-14-10-31(11-15-33)35-28-38(52-3)41(55-6)39(29-35)53-4;;/h8-15,26-29H,7,16-25H2,1-6H3;2*1H. The zero-order chi connectivity index (χ0) is 38.9. The molecule has 57 heavy (non-hydrogen) atoms. The first-order chi connectivity index (χ1) is 26.8. The number of rotatable bonds is 14. The molecule has 2 fully saturated rings. The molecule has 4 aromatic carbocycles. The summed E-state index contributed by atoms with van der Waals surface area (Å²) in [5.74, 6) is 3.22. The maximum atomic E-state index is 13.4. The lowest BCUT2D eigenvalue weighted by Gasteiger charge is -2.37. The highest BCUT2D eigenvalue weighted by molar-refractivity contribution is 7.99. The second-order valence-corrected chi connectivity index (χ2v) is 15.2. The molecule has 308 valence electrons. The zero-order valence-electron chi connectivity index (χ0n) is 33.6. The molecule has 0 spiro atoms. The molecule has 0 radical (unpaired) electrons. The number of methoxy groups -OCH3 is 4. The van der Waals surface area contributed by atoms with Crippen LogP contribution in [-0.4, -0.2) is 138 Å². The Morgan fingerprint density at radius 3 is 1.05 bits per heavy atom. The topological polar surface area (TPSA) is 84.0 Å². The SMILES string of the molecule is COc1cc(-c2ccc(C(=O)N3CCN(CCCN4CCN(C(=O)c5ccc(-c6cc(OC)c(SC)c(OC)c6)cc5)CC4)CC3)cc2)cc(OC)c1SC.Cl.Cl. The highest BCUT2D eigenvalue weighted by Gasteiger charge is 2.25. The van der Waals surface area contributed by atoms with Crippen molar-refractivity contribution in [1.29, 1.82) is 0 Å². The van der Waals surface area contributed by atoms with Crippen molar-refractivity contribution in [3.63, 3.8) is 0 Å². The Labute approximate surface area is 358 Å². The number of hydrogen-bond acceptors (Lipinski definition) is 10. The summed E-state index contributed by atoms with van der Waals surface area (Å²) in [5, 5.41) is 0. The number of carbonyl (C=O) groups is 2. The number of amides is 2. The number of thioether (sulfide) groups is 2. The lowest BCUT2D eigenvalue weighted by atomic mass is 10.0. The summed E-state index contributed by atoms with van der Waals surface area (Å²) in [6, 6.07) is 23.7. The van der Waals surface area contributed by atoms with Crippen molar-refractivity contribution in [3.05, 3.63) is 83.9 Å². The molecule has 10 nitrogen and oxygen atoms in total. The van der Waals surface area contributed by atoms with E-state index < -0.39 is 0 Å². The van der Waals surface area contributed by atoms with Crippen LogP contribution in [0.4, 0.5) is 0 Å². The second-order valence-electron chi connectivity index (χ2n) is 13.6. The first-order valence-corrected chi connectivity index (χ1v) is 21.1. The molecule has 0 N–H and O–H groups in total. The largest absolute Gasteiger partial charge is 0.495 e. The Balaban J connectivity index is 0.00000360. The van der Waals surface area contributed by atoms with Gasteiger partial charge in [0.1, 0.15) is 23.0 Å². The lowest BCUT2D eigenvalue weighted by molar-refractivity contribution is 0.0606. The summed E-state index contributed by atoms with van der Waals surface area (Å²) >= 11 is 3.17. The van der Waals surface area contributed by atoms with E-state index in [0.29, 0.717) is 11.1 Å². The van der Waals surface area contributed by atoms with Gasteiger partial charge in [-0.3, -0.25) is 19.4 Å². The molecule has 2 aliphatic rings. The molecule has 2 saturated heterocycles. The maximum absolute atomic E-state index is 13.4. The van der Waals surface area contributed by atoms with Gasteiger partial charge in [0.05, 0.1) is 38.2 Å². The number of ether oxygens (including phenoxy) is 4. The Morgan fingerprint density at radius 2 is 0.789 bits per heavy atom. The minimum Gasteiger partial charge on any atom is -0.495 e. The number of nitrogens with zero attached hydrogens (tertiary/aromatic N) is 4. The fraction of sp³-hybridized carbons (Fsp3) is 0.395. The normalized spacial score (nSPS) is 14.6. The van der Waals surface area contributed by atoms with E-state index >= 15 is 0 Å². The van der Waals surface area contributed by atoms with Gasteiger partial charge in [-0.25, -0.2) is 0 Å². The third-order valence-corrected chi connectivity index (χ3v) is 12.1. The average Bonchev–Trinajstić information content (AvgIpc) is 3.25. The molecule has 2 aliphatic heterocycles. The summed E-state index contributed by atoms with van der Waals surface area (Å²) < 4.78 is 22.4. The molecule has 0 atom stereocenters. The van der Waals surface area contributed by atoms with Crippen LogP contribution in [0.5, 0.6) is 23.0 Å². The van der Waals surface area contributed by atoms with Crippen LogP contribution in [0.15, 0.2) is 82.6 Å². The van der Waals surface area contributed by atoms with E-state index in [4.69, 9.17) is 18.9 Å². The van der Waals surface area contributed by atoms with Gasteiger partial charge < -0.3 is 28.7 Å². The van der Waals surface area contributed by atoms with Crippen molar-refractivity contribution in [2.75, 3.05) is 106 Å². The second kappa shape index (κ2) is 21.8. The van der Waals surface area contributed by atoms with E-state index in [-0.39, 0.29) is 36.6 Å². The van der Waals surface area contributed by atoms with Gasteiger partial charge in [-0.2, -0.15) is 0 Å². The molecule has 0 saturated carbocycles. The van der Waals surface area contributed by atoms with Crippen molar-refractivity contribution in [3.8, 4) is 45.3 Å². The molecule has 0 bridgehead atoms. The molecular formula is C43H54Cl2N4O6S2. The predicted octanol–water partition coefficient (Wildman–Crippen LogP) is 7.95. The van der Waals surface area contributed by atoms with Gasteiger partial charge in [-0.05, 0) is 103 Å². The molecule has 2 heterocycles. The van der Waals surface area contributed by atoms with Gasteiger partial charge in [0.15, 0.2) is 0 Å².